The van der Waals surface area contributed by atoms with Gasteiger partial charge in [-0.25, -0.2) is 0 Å². The van der Waals surface area contributed by atoms with Gasteiger partial charge in [0.15, 0.2) is 0 Å². The van der Waals surface area contributed by atoms with Crippen molar-refractivity contribution in [2.75, 3.05) is 5.75 Å². The number of nitrogens with two attached hydrogens (primary N) is 2. The zero-order valence-electron chi connectivity index (χ0n) is 9.91. The number of benzene rings is 1. The molecule has 1 unspecified atom stereocenters. The molecule has 1 aromatic rings. The van der Waals surface area contributed by atoms with Crippen molar-refractivity contribution in [3.05, 3.63) is 29.3 Å². The number of rotatable bonds is 4. The Hall–Kier alpha value is -1.00. The quantitative estimate of drug-likeness (QED) is 0.783. The summed E-state index contributed by atoms with van der Waals surface area (Å²) in [6.45, 7) is 5.79. The van der Waals surface area contributed by atoms with E-state index in [1.807, 2.05) is 6.07 Å². The average molecular weight is 238 g/mol. The van der Waals surface area contributed by atoms with Gasteiger partial charge in [0.1, 0.15) is 5.54 Å². The first-order valence-corrected chi connectivity index (χ1v) is 6.10. The second-order valence-electron chi connectivity index (χ2n) is 4.32. The van der Waals surface area contributed by atoms with Crippen molar-refractivity contribution < 1.29 is 4.79 Å². The fourth-order valence-electron chi connectivity index (χ4n) is 1.11. The van der Waals surface area contributed by atoms with Crippen LogP contribution in [0.2, 0.25) is 0 Å². The van der Waals surface area contributed by atoms with Gasteiger partial charge >= 0.3 is 0 Å². The fraction of sp³-hybridized carbons (Fsp3) is 0.417. The number of aryl methyl sites for hydroxylation is 2. The van der Waals surface area contributed by atoms with Gasteiger partial charge in [0, 0.05) is 10.6 Å². The summed E-state index contributed by atoms with van der Waals surface area (Å²) in [6, 6.07) is 6.19. The molecule has 3 nitrogen and oxygen atoms in total. The Bertz CT molecular complexity index is 402. The topological polar surface area (TPSA) is 69.1 Å². The standard InChI is InChI=1S/C12H18N2OS/c1-8-4-5-10(6-9(8)2)16-7-12(3,14)11(13)15/h4-6H,7,14H2,1-3H3,(H2,13,15). The van der Waals surface area contributed by atoms with E-state index < -0.39 is 11.4 Å². The van der Waals surface area contributed by atoms with E-state index in [1.54, 1.807) is 18.7 Å². The minimum Gasteiger partial charge on any atom is -0.368 e. The lowest BCUT2D eigenvalue weighted by molar-refractivity contribution is -0.121. The number of carbonyl (C=O) groups is 1. The predicted octanol–water partition coefficient (Wildman–Crippen LogP) is 1.60. The van der Waals surface area contributed by atoms with Crippen LogP contribution < -0.4 is 11.5 Å². The van der Waals surface area contributed by atoms with Gasteiger partial charge in [-0.1, -0.05) is 6.07 Å². The van der Waals surface area contributed by atoms with Gasteiger partial charge in [0.05, 0.1) is 0 Å². The van der Waals surface area contributed by atoms with Gasteiger partial charge in [-0.2, -0.15) is 0 Å². The van der Waals surface area contributed by atoms with Crippen molar-refractivity contribution in [3.63, 3.8) is 0 Å². The smallest absolute Gasteiger partial charge is 0.238 e. The molecule has 1 aromatic carbocycles. The van der Waals surface area contributed by atoms with Gasteiger partial charge in [-0.3, -0.25) is 4.79 Å². The van der Waals surface area contributed by atoms with E-state index in [2.05, 4.69) is 26.0 Å². The molecule has 0 aliphatic rings. The van der Waals surface area contributed by atoms with Crippen LogP contribution in [-0.2, 0) is 4.79 Å². The molecule has 4 heteroatoms. The first-order chi connectivity index (χ1) is 7.33. The molecule has 88 valence electrons. The molecule has 1 rings (SSSR count). The molecule has 0 saturated carbocycles. The Kier molecular flexibility index (Phi) is 3.99. The molecule has 0 aliphatic carbocycles. The van der Waals surface area contributed by atoms with E-state index in [1.165, 1.54) is 11.1 Å². The highest BCUT2D eigenvalue weighted by atomic mass is 32.2. The lowest BCUT2D eigenvalue weighted by Gasteiger charge is -2.19. The third-order valence-electron chi connectivity index (χ3n) is 2.58. The monoisotopic (exact) mass is 238 g/mol. The molecule has 0 aliphatic heterocycles. The maximum absolute atomic E-state index is 11.0. The van der Waals surface area contributed by atoms with Crippen LogP contribution in [0.5, 0.6) is 0 Å². The summed E-state index contributed by atoms with van der Waals surface area (Å²) in [7, 11) is 0. The number of thioether (sulfide) groups is 1. The van der Waals surface area contributed by atoms with Crippen molar-refractivity contribution in [2.45, 2.75) is 31.2 Å². The normalized spacial score (nSPS) is 14.5. The minimum atomic E-state index is -0.955. The van der Waals surface area contributed by atoms with E-state index in [0.717, 1.165) is 4.90 Å². The molecule has 0 heterocycles. The first kappa shape index (κ1) is 13.1. The second-order valence-corrected chi connectivity index (χ2v) is 5.37. The van der Waals surface area contributed by atoms with Gasteiger partial charge in [0.2, 0.25) is 5.91 Å². The van der Waals surface area contributed by atoms with Gasteiger partial charge in [0.25, 0.3) is 0 Å². The maximum Gasteiger partial charge on any atom is 0.238 e. The third kappa shape index (κ3) is 3.25. The molecule has 0 fully saturated rings. The summed E-state index contributed by atoms with van der Waals surface area (Å²) >= 11 is 1.55. The lowest BCUT2D eigenvalue weighted by Crippen LogP contribution is -2.51. The predicted molar refractivity (Wildman–Crippen MR) is 68.4 cm³/mol. The number of hydrogen-bond acceptors (Lipinski definition) is 3. The second kappa shape index (κ2) is 4.89. The van der Waals surface area contributed by atoms with Gasteiger partial charge < -0.3 is 11.5 Å². The Morgan fingerprint density at radius 3 is 2.50 bits per heavy atom. The SMILES string of the molecule is Cc1ccc(SCC(C)(N)C(N)=O)cc1C. The average Bonchev–Trinajstić information content (AvgIpc) is 2.20. The molecule has 0 spiro atoms. The lowest BCUT2D eigenvalue weighted by atomic mass is 10.1. The zero-order valence-corrected chi connectivity index (χ0v) is 10.7. The first-order valence-electron chi connectivity index (χ1n) is 5.12. The van der Waals surface area contributed by atoms with Crippen LogP contribution in [0.1, 0.15) is 18.1 Å². The molecule has 0 bridgehead atoms. The summed E-state index contributed by atoms with van der Waals surface area (Å²) in [6.07, 6.45) is 0. The fourth-order valence-corrected chi connectivity index (χ4v) is 2.14. The Labute approximate surface area is 101 Å². The summed E-state index contributed by atoms with van der Waals surface area (Å²) in [5.74, 6) is 0.0222. The molecular weight excluding hydrogens is 220 g/mol. The number of primary amides is 1. The van der Waals surface area contributed by atoms with Gasteiger partial charge in [-0.05, 0) is 44.0 Å². The van der Waals surface area contributed by atoms with Crippen molar-refractivity contribution in [3.8, 4) is 0 Å². The molecule has 0 saturated heterocycles. The Morgan fingerprint density at radius 1 is 1.38 bits per heavy atom. The summed E-state index contributed by atoms with van der Waals surface area (Å²) in [5.41, 5.74) is 12.5. The molecule has 4 N–H and O–H groups in total. The molecule has 1 atom stereocenters. The van der Waals surface area contributed by atoms with E-state index in [9.17, 15) is 4.79 Å². The van der Waals surface area contributed by atoms with Crippen LogP contribution in [0.25, 0.3) is 0 Å². The molecular formula is C12H18N2OS. The molecule has 0 radical (unpaired) electrons. The van der Waals surface area contributed by atoms with Crippen molar-refractivity contribution >= 4 is 17.7 Å². The van der Waals surface area contributed by atoms with Crippen molar-refractivity contribution in [1.29, 1.82) is 0 Å². The number of carbonyl (C=O) groups excluding carboxylic acids is 1. The molecule has 0 aromatic heterocycles. The zero-order chi connectivity index (χ0) is 12.3. The largest absolute Gasteiger partial charge is 0.368 e. The maximum atomic E-state index is 11.0. The van der Waals surface area contributed by atoms with E-state index in [0.29, 0.717) is 5.75 Å². The molecule has 16 heavy (non-hydrogen) atoms. The summed E-state index contributed by atoms with van der Waals surface area (Å²) < 4.78 is 0. The number of hydrogen-bond donors (Lipinski definition) is 2. The third-order valence-corrected chi connectivity index (χ3v) is 3.91. The number of amides is 1. The van der Waals surface area contributed by atoms with Crippen LogP contribution in [0.15, 0.2) is 23.1 Å². The van der Waals surface area contributed by atoms with E-state index >= 15 is 0 Å². The van der Waals surface area contributed by atoms with Crippen LogP contribution >= 0.6 is 11.8 Å². The minimum absolute atomic E-state index is 0.469. The highest BCUT2D eigenvalue weighted by Gasteiger charge is 2.25. The van der Waals surface area contributed by atoms with Crippen LogP contribution in [0, 0.1) is 13.8 Å². The van der Waals surface area contributed by atoms with E-state index in [-0.39, 0.29) is 0 Å². The molecule has 1 amide bonds. The van der Waals surface area contributed by atoms with Crippen LogP contribution in [0.3, 0.4) is 0 Å². The Balaban J connectivity index is 2.68. The van der Waals surface area contributed by atoms with Gasteiger partial charge in [-0.15, -0.1) is 11.8 Å². The van der Waals surface area contributed by atoms with Crippen molar-refractivity contribution in [2.24, 2.45) is 11.5 Å². The van der Waals surface area contributed by atoms with Crippen molar-refractivity contribution in [1.82, 2.24) is 0 Å². The van der Waals surface area contributed by atoms with E-state index in [4.69, 9.17) is 11.5 Å². The Morgan fingerprint density at radius 2 is 2.00 bits per heavy atom. The summed E-state index contributed by atoms with van der Waals surface area (Å²) in [4.78, 5) is 12.2. The highest BCUT2D eigenvalue weighted by molar-refractivity contribution is 7.99. The summed E-state index contributed by atoms with van der Waals surface area (Å²) in [5, 5.41) is 0. The van der Waals surface area contributed by atoms with Crippen LogP contribution in [0.4, 0.5) is 0 Å². The van der Waals surface area contributed by atoms with Crippen LogP contribution in [-0.4, -0.2) is 17.2 Å². The highest BCUT2D eigenvalue weighted by Crippen LogP contribution is 2.23.